The number of aliphatic carboxylic acids is 1. The van der Waals surface area contributed by atoms with Crippen molar-refractivity contribution in [2.75, 3.05) is 14.2 Å². The largest absolute Gasteiger partial charge is 1.00 e. The summed E-state index contributed by atoms with van der Waals surface area (Å²) < 4.78 is 8.83. The standard InChI is InChI=1S/C24H21ClN2O2S.C23H19ClN2O2S.CH4O.Li.H2O/c1-15-12-17(13-23(28)29-3)8-9-18(15)21-10-11-22(30-21)24-26-16(2)14-27(24)20-7-5-4-6-19(20)25;1-14-11-16(12-22(27)28)7-8-17(14)20-9-10-21(29-20)23-25-15(2)13-26(23)19-6-4-3-5-18(19)24;1-2;;/h4-12,14H,13H2,1-3H3;3-11,13H,12H2,1-2H3,(H,27,28);2H,1H3;;1H2/q;;;+1;/p-1. The molecule has 0 saturated heterocycles. The van der Waals surface area contributed by atoms with Gasteiger partial charge in [0, 0.05) is 29.3 Å². The van der Waals surface area contributed by atoms with Crippen molar-refractivity contribution in [2.24, 2.45) is 0 Å². The molecule has 63 heavy (non-hydrogen) atoms. The molecule has 0 radical (unpaired) electrons. The van der Waals surface area contributed by atoms with Crippen LogP contribution in [0.15, 0.2) is 122 Å². The van der Waals surface area contributed by atoms with Gasteiger partial charge < -0.3 is 20.4 Å². The average molecular weight is 916 g/mol. The first-order chi connectivity index (χ1) is 29.4. The zero-order valence-corrected chi connectivity index (χ0v) is 39.0. The number of rotatable bonds is 10. The van der Waals surface area contributed by atoms with E-state index in [1.807, 2.05) is 121 Å². The van der Waals surface area contributed by atoms with Crippen molar-refractivity contribution in [3.8, 4) is 53.7 Å². The number of carbonyl (C=O) groups is 2. The van der Waals surface area contributed by atoms with E-state index in [0.717, 1.165) is 94.4 Å². The molecule has 0 atom stereocenters. The number of ether oxygens (including phenoxy) is 1. The number of aliphatic hydroxyl groups excluding tert-OH is 1. The van der Waals surface area contributed by atoms with Crippen molar-refractivity contribution in [2.45, 2.75) is 40.5 Å². The molecule has 3 N–H and O–H groups in total. The number of nitrogens with zero attached hydrogens (tertiary/aromatic N) is 4. The molecule has 10 nitrogen and oxygen atoms in total. The molecule has 0 aliphatic carbocycles. The zero-order valence-electron chi connectivity index (χ0n) is 35.9. The summed E-state index contributed by atoms with van der Waals surface area (Å²) in [6.07, 6.45) is 4.30. The number of esters is 1. The summed E-state index contributed by atoms with van der Waals surface area (Å²) >= 11 is 16.2. The number of aliphatic hydroxyl groups is 1. The average Bonchev–Trinajstić information content (AvgIpc) is 4.06. The molecule has 0 spiro atoms. The molecule has 0 amide bonds. The summed E-state index contributed by atoms with van der Waals surface area (Å²) in [5.41, 5.74) is 9.84. The third kappa shape index (κ3) is 12.1. The van der Waals surface area contributed by atoms with E-state index in [-0.39, 0.29) is 43.1 Å². The van der Waals surface area contributed by atoms with Crippen molar-refractivity contribution < 1.29 is 48.9 Å². The Hall–Kier alpha value is -5.26. The van der Waals surface area contributed by atoms with E-state index in [0.29, 0.717) is 10.0 Å². The number of hydrogen-bond donors (Lipinski definition) is 2. The molecule has 0 saturated carbocycles. The number of halogens is 2. The van der Waals surface area contributed by atoms with Crippen molar-refractivity contribution in [1.82, 2.24) is 19.1 Å². The van der Waals surface area contributed by atoms with Crippen LogP contribution < -0.4 is 18.9 Å². The molecule has 320 valence electrons. The second kappa shape index (κ2) is 22.9. The molecule has 4 heterocycles. The fourth-order valence-electron chi connectivity index (χ4n) is 6.85. The predicted molar refractivity (Wildman–Crippen MR) is 251 cm³/mol. The summed E-state index contributed by atoms with van der Waals surface area (Å²) in [6, 6.07) is 35.8. The summed E-state index contributed by atoms with van der Waals surface area (Å²) in [6.45, 7) is 8.02. The van der Waals surface area contributed by atoms with Crippen LogP contribution >= 0.6 is 45.9 Å². The van der Waals surface area contributed by atoms with Gasteiger partial charge in [-0.05, 0) is 110 Å². The topological polar surface area (TPSA) is 149 Å². The monoisotopic (exact) mass is 914 g/mol. The van der Waals surface area contributed by atoms with Crippen LogP contribution in [0.25, 0.3) is 53.7 Å². The van der Waals surface area contributed by atoms with Crippen LogP contribution in [0.1, 0.15) is 33.6 Å². The Morgan fingerprint density at radius 1 is 0.619 bits per heavy atom. The number of imidazole rings is 2. The molecule has 0 unspecified atom stereocenters. The van der Waals surface area contributed by atoms with Gasteiger partial charge in [0.2, 0.25) is 0 Å². The fourth-order valence-corrected chi connectivity index (χ4v) is 9.47. The van der Waals surface area contributed by atoms with Gasteiger partial charge in [-0.15, -0.1) is 22.7 Å². The Balaban J connectivity index is 0.000000258. The maximum atomic E-state index is 11.5. The van der Waals surface area contributed by atoms with Gasteiger partial charge in [0.25, 0.3) is 0 Å². The Kier molecular flexibility index (Phi) is 18.3. The van der Waals surface area contributed by atoms with Crippen molar-refractivity contribution in [3.05, 3.63) is 165 Å². The van der Waals surface area contributed by atoms with Crippen LogP contribution in [0, 0.1) is 27.7 Å². The number of carbonyl (C=O) groups excluding carboxylic acids is 1. The van der Waals surface area contributed by atoms with Gasteiger partial charge in [-0.1, -0.05) is 83.9 Å². The van der Waals surface area contributed by atoms with E-state index in [1.54, 1.807) is 22.7 Å². The molecule has 4 aromatic heterocycles. The zero-order chi connectivity index (χ0) is 43.8. The maximum absolute atomic E-state index is 11.5. The fraction of sp³-hybridized carbons (Fsp3) is 0.167. The normalized spacial score (nSPS) is 10.4. The van der Waals surface area contributed by atoms with E-state index >= 15 is 0 Å². The van der Waals surface area contributed by atoms with Crippen LogP contribution in [-0.4, -0.2) is 60.9 Å². The minimum Gasteiger partial charge on any atom is -0.870 e. The molecule has 8 rings (SSSR count). The molecule has 4 aromatic carbocycles. The summed E-state index contributed by atoms with van der Waals surface area (Å²) in [5.74, 6) is 0.670. The number of methoxy groups -OCH3 is 1. The number of carboxylic acids is 1. The third-order valence-corrected chi connectivity index (χ3v) is 12.4. The molecule has 0 bridgehead atoms. The number of aromatic nitrogens is 4. The number of benzene rings is 4. The molecule has 0 fully saturated rings. The minimum atomic E-state index is -0.822. The van der Waals surface area contributed by atoms with Crippen molar-refractivity contribution in [3.63, 3.8) is 0 Å². The van der Waals surface area contributed by atoms with E-state index in [4.69, 9.17) is 48.1 Å². The first-order valence-electron chi connectivity index (χ1n) is 19.1. The summed E-state index contributed by atoms with van der Waals surface area (Å²) in [7, 11) is 2.41. The van der Waals surface area contributed by atoms with E-state index in [1.165, 1.54) is 7.11 Å². The molecule has 15 heteroatoms. The van der Waals surface area contributed by atoms with Gasteiger partial charge in [-0.25, -0.2) is 9.97 Å². The first-order valence-corrected chi connectivity index (χ1v) is 21.5. The molecule has 0 aliphatic rings. The third-order valence-electron chi connectivity index (χ3n) is 9.57. The maximum Gasteiger partial charge on any atom is 1.00 e. The Labute approximate surface area is 396 Å². The number of hydrogen-bond acceptors (Lipinski definition) is 9. The number of thiophene rings is 2. The van der Waals surface area contributed by atoms with Crippen LogP contribution in [0.4, 0.5) is 0 Å². The summed E-state index contributed by atoms with van der Waals surface area (Å²) in [4.78, 5) is 36.3. The van der Waals surface area contributed by atoms with E-state index < -0.39 is 5.97 Å². The smallest absolute Gasteiger partial charge is 0.870 e. The predicted octanol–water partition coefficient (Wildman–Crippen LogP) is 8.85. The second-order valence-corrected chi connectivity index (χ2v) is 17.0. The van der Waals surface area contributed by atoms with Gasteiger partial charge in [0.05, 0.1) is 62.5 Å². The Morgan fingerprint density at radius 3 is 1.40 bits per heavy atom. The number of para-hydroxylation sites is 2. The Morgan fingerprint density at radius 2 is 1.02 bits per heavy atom. The molecule has 0 aliphatic heterocycles. The quantitative estimate of drug-likeness (QED) is 0.102. The first kappa shape index (κ1) is 50.4. The SMILES string of the molecule is CO.COC(=O)Cc1ccc(-c2ccc(-c3nc(C)cn3-c3ccccc3Cl)s2)c(C)c1.Cc1cn(-c2ccccc2Cl)c(-c2ccc(-c3ccc(CC(=O)O)cc3C)s2)n1.[Li+].[OH-]. The number of aryl methyl sites for hydroxylation is 4. The van der Waals surface area contributed by atoms with Crippen LogP contribution in [0.3, 0.4) is 0 Å². The Bertz CT molecular complexity index is 2830. The van der Waals surface area contributed by atoms with Gasteiger partial charge in [0.15, 0.2) is 11.6 Å². The summed E-state index contributed by atoms with van der Waals surface area (Å²) in [5, 5.41) is 17.4. The van der Waals surface area contributed by atoms with E-state index in [2.05, 4.69) is 37.3 Å². The van der Waals surface area contributed by atoms with Crippen LogP contribution in [0.2, 0.25) is 10.0 Å². The van der Waals surface area contributed by atoms with Gasteiger partial charge in [-0.3, -0.25) is 18.7 Å². The van der Waals surface area contributed by atoms with Gasteiger partial charge >= 0.3 is 30.8 Å². The van der Waals surface area contributed by atoms with Crippen molar-refractivity contribution in [1.29, 1.82) is 0 Å². The van der Waals surface area contributed by atoms with Gasteiger partial charge in [0.1, 0.15) is 0 Å². The molecular formula is C48H45Cl2LiN4O6S2. The minimum absolute atomic E-state index is 0. The van der Waals surface area contributed by atoms with E-state index in [9.17, 15) is 9.59 Å². The number of carboxylic acid groups (broad SMARTS) is 1. The van der Waals surface area contributed by atoms with Gasteiger partial charge in [-0.2, -0.15) is 0 Å². The van der Waals surface area contributed by atoms with Crippen molar-refractivity contribution >= 4 is 57.8 Å². The van der Waals surface area contributed by atoms with Crippen LogP contribution in [0.5, 0.6) is 0 Å². The second-order valence-electron chi connectivity index (χ2n) is 14.0. The molecular weight excluding hydrogens is 871 g/mol. The van der Waals surface area contributed by atoms with Crippen LogP contribution in [-0.2, 0) is 27.2 Å². The molecule has 8 aromatic rings.